The molecule has 0 aliphatic carbocycles. The first kappa shape index (κ1) is 22.4. The second kappa shape index (κ2) is 13.6. The van der Waals surface area contributed by atoms with Crippen molar-refractivity contribution >= 4 is 7.37 Å². The highest BCUT2D eigenvalue weighted by atomic mass is 31.2. The molecule has 0 heterocycles. The molecule has 0 aromatic heterocycles. The van der Waals surface area contributed by atoms with Gasteiger partial charge in [-0.2, -0.15) is 0 Å². The Morgan fingerprint density at radius 2 is 1.48 bits per heavy atom. The number of aryl methyl sites for hydroxylation is 1. The highest BCUT2D eigenvalue weighted by Crippen LogP contribution is 2.39. The molecule has 0 bridgehead atoms. The average Bonchev–Trinajstić information content (AvgIpc) is 2.62. The largest absolute Gasteiger partial charge is 0.344 e. The van der Waals surface area contributed by atoms with Crippen LogP contribution in [-0.2, 0) is 17.5 Å². The molecule has 0 saturated carbocycles. The molecule has 0 spiro atoms. The molecule has 2 N–H and O–H groups in total. The van der Waals surface area contributed by atoms with Gasteiger partial charge in [0.1, 0.15) is 0 Å². The summed E-state index contributed by atoms with van der Waals surface area (Å²) in [6.45, 7) is 5.67. The highest BCUT2D eigenvalue weighted by Gasteiger charge is 2.13. The van der Waals surface area contributed by atoms with Gasteiger partial charge < -0.3 is 10.2 Å². The minimum Gasteiger partial charge on any atom is -0.344 e. The predicted molar refractivity (Wildman–Crippen MR) is 110 cm³/mol. The third-order valence-electron chi connectivity index (χ3n) is 4.78. The molecule has 144 valence electrons. The third-order valence-corrected chi connectivity index (χ3v) is 6.78. The van der Waals surface area contributed by atoms with E-state index in [0.29, 0.717) is 12.3 Å². The molecule has 0 saturated heterocycles. The van der Waals surface area contributed by atoms with Crippen molar-refractivity contribution in [2.24, 2.45) is 0 Å². The van der Waals surface area contributed by atoms with Crippen LogP contribution in [0.3, 0.4) is 0 Å². The van der Waals surface area contributed by atoms with Gasteiger partial charge in [-0.05, 0) is 36.9 Å². The fraction of sp³-hybridized carbons (Fsp3) is 0.714. The Hall–Kier alpha value is -0.630. The summed E-state index contributed by atoms with van der Waals surface area (Å²) >= 11 is 0. The summed E-state index contributed by atoms with van der Waals surface area (Å²) in [5.74, 6) is 0. The Balaban J connectivity index is 2.10. The number of rotatable bonds is 15. The number of hydrogen-bond donors (Lipinski definition) is 2. The summed E-state index contributed by atoms with van der Waals surface area (Å²) in [4.78, 5) is 9.54. The Labute approximate surface area is 155 Å². The lowest BCUT2D eigenvalue weighted by Crippen LogP contribution is -2.16. The van der Waals surface area contributed by atoms with Crippen LogP contribution in [0.15, 0.2) is 24.3 Å². The number of unbranched alkanes of at least 4 members (excludes halogenated alkanes) is 6. The molecule has 25 heavy (non-hydrogen) atoms. The zero-order valence-electron chi connectivity index (χ0n) is 16.3. The maximum atomic E-state index is 11.6. The normalized spacial score (nSPS) is 13.7. The lowest BCUT2D eigenvalue weighted by molar-refractivity contribution is 0.476. The smallest absolute Gasteiger partial charge is 0.200 e. The fourth-order valence-corrected chi connectivity index (χ4v) is 3.92. The summed E-state index contributed by atoms with van der Waals surface area (Å²) in [5, 5.41) is 3.36. The topological polar surface area (TPSA) is 49.3 Å². The molecule has 3 nitrogen and oxygen atoms in total. The van der Waals surface area contributed by atoms with E-state index >= 15 is 0 Å². The molecule has 1 rings (SSSR count). The Bertz CT molecular complexity index is 487. The highest BCUT2D eigenvalue weighted by molar-refractivity contribution is 7.57. The summed E-state index contributed by atoms with van der Waals surface area (Å²) in [5.41, 5.74) is 2.72. The lowest BCUT2D eigenvalue weighted by atomic mass is 10.0. The molecular weight excluding hydrogens is 329 g/mol. The Morgan fingerprint density at radius 3 is 2.12 bits per heavy atom. The maximum Gasteiger partial charge on any atom is 0.200 e. The first-order valence-electron chi connectivity index (χ1n) is 10.2. The summed E-state index contributed by atoms with van der Waals surface area (Å²) in [7, 11) is -2.85. The molecule has 1 atom stereocenters. The molecule has 1 aromatic carbocycles. The molecule has 0 aliphatic heterocycles. The first-order valence-corrected chi connectivity index (χ1v) is 12.2. The molecule has 0 aliphatic rings. The van der Waals surface area contributed by atoms with E-state index < -0.39 is 7.37 Å². The van der Waals surface area contributed by atoms with Crippen molar-refractivity contribution in [3.63, 3.8) is 0 Å². The van der Waals surface area contributed by atoms with E-state index in [9.17, 15) is 9.46 Å². The van der Waals surface area contributed by atoms with E-state index in [2.05, 4.69) is 36.5 Å². The van der Waals surface area contributed by atoms with Gasteiger partial charge in [0.2, 0.25) is 0 Å². The van der Waals surface area contributed by atoms with E-state index in [1.54, 1.807) is 6.92 Å². The van der Waals surface area contributed by atoms with Gasteiger partial charge in [-0.3, -0.25) is 4.57 Å². The van der Waals surface area contributed by atoms with Crippen LogP contribution in [0.1, 0.15) is 76.3 Å². The molecule has 1 unspecified atom stereocenters. The summed E-state index contributed by atoms with van der Waals surface area (Å²) in [6, 6.07) is 8.89. The fourth-order valence-electron chi connectivity index (χ4n) is 2.95. The van der Waals surface area contributed by atoms with Crippen molar-refractivity contribution in [2.75, 3.05) is 18.9 Å². The second-order valence-corrected chi connectivity index (χ2v) is 9.88. The molecule has 0 fully saturated rings. The first-order chi connectivity index (χ1) is 12.1. The van der Waals surface area contributed by atoms with Crippen LogP contribution < -0.4 is 5.32 Å². The maximum absolute atomic E-state index is 11.6. The van der Waals surface area contributed by atoms with Crippen LogP contribution in [0, 0.1) is 0 Å². The van der Waals surface area contributed by atoms with E-state index in [-0.39, 0.29) is 0 Å². The average molecular weight is 368 g/mol. The Kier molecular flexibility index (Phi) is 12.2. The Morgan fingerprint density at radius 1 is 0.880 bits per heavy atom. The summed E-state index contributed by atoms with van der Waals surface area (Å²) in [6.07, 6.45) is 12.3. The van der Waals surface area contributed by atoms with Crippen molar-refractivity contribution in [1.82, 2.24) is 5.32 Å². The minimum atomic E-state index is -2.85. The monoisotopic (exact) mass is 367 g/mol. The van der Waals surface area contributed by atoms with Crippen molar-refractivity contribution in [1.29, 1.82) is 0 Å². The zero-order valence-corrected chi connectivity index (χ0v) is 17.2. The van der Waals surface area contributed by atoms with Gasteiger partial charge in [0.15, 0.2) is 7.37 Å². The van der Waals surface area contributed by atoms with Crippen LogP contribution in [0.2, 0.25) is 0 Å². The van der Waals surface area contributed by atoms with Crippen LogP contribution in [0.25, 0.3) is 0 Å². The van der Waals surface area contributed by atoms with Crippen LogP contribution in [-0.4, -0.2) is 23.8 Å². The molecule has 1 aromatic rings. The molecule has 0 amide bonds. The van der Waals surface area contributed by atoms with E-state index in [1.807, 2.05) is 0 Å². The van der Waals surface area contributed by atoms with Gasteiger partial charge in [-0.15, -0.1) is 0 Å². The predicted octanol–water partition coefficient (Wildman–Crippen LogP) is 5.75. The zero-order chi connectivity index (χ0) is 18.4. The van der Waals surface area contributed by atoms with Crippen LogP contribution >= 0.6 is 7.37 Å². The number of nitrogens with one attached hydrogen (secondary N) is 1. The number of benzene rings is 1. The van der Waals surface area contributed by atoms with Gasteiger partial charge in [-0.25, -0.2) is 0 Å². The van der Waals surface area contributed by atoms with E-state index in [0.717, 1.165) is 19.5 Å². The van der Waals surface area contributed by atoms with Gasteiger partial charge >= 0.3 is 0 Å². The van der Waals surface area contributed by atoms with E-state index in [1.165, 1.54) is 62.5 Å². The van der Waals surface area contributed by atoms with Crippen LogP contribution in [0.4, 0.5) is 0 Å². The van der Waals surface area contributed by atoms with Crippen molar-refractivity contribution in [3.05, 3.63) is 35.4 Å². The summed E-state index contributed by atoms with van der Waals surface area (Å²) < 4.78 is 11.6. The number of hydrogen-bond acceptors (Lipinski definition) is 2. The van der Waals surface area contributed by atoms with Crippen LogP contribution in [0.5, 0.6) is 0 Å². The molecule has 0 radical (unpaired) electrons. The van der Waals surface area contributed by atoms with Gasteiger partial charge in [0, 0.05) is 18.9 Å². The van der Waals surface area contributed by atoms with Gasteiger partial charge in [0.05, 0.1) is 0 Å². The SMILES string of the molecule is CCCCCCCCCc1ccc(CNCCCP(=O)(O)CC)cc1. The van der Waals surface area contributed by atoms with E-state index in [4.69, 9.17) is 0 Å². The standard InChI is InChI=1S/C21H38NO2P/c1-3-5-6-7-8-9-10-12-20-13-15-21(16-14-20)19-22-17-11-18-25(23,24)4-2/h13-16,22H,3-12,17-19H2,1-2H3,(H,23,24). The van der Waals surface area contributed by atoms with Crippen molar-refractivity contribution < 1.29 is 9.46 Å². The second-order valence-electron chi connectivity index (χ2n) is 7.10. The quantitative estimate of drug-likeness (QED) is 0.306. The van der Waals surface area contributed by atoms with Gasteiger partial charge in [-0.1, -0.05) is 76.6 Å². The molecular formula is C21H38NO2P. The third kappa shape index (κ3) is 11.6. The minimum absolute atomic E-state index is 0.382. The van der Waals surface area contributed by atoms with Crippen molar-refractivity contribution in [3.8, 4) is 0 Å². The lowest BCUT2D eigenvalue weighted by Gasteiger charge is -2.09. The molecule has 4 heteroatoms. The van der Waals surface area contributed by atoms with Gasteiger partial charge in [0.25, 0.3) is 0 Å². The van der Waals surface area contributed by atoms with Crippen molar-refractivity contribution in [2.45, 2.75) is 78.2 Å².